The van der Waals surface area contributed by atoms with Crippen LogP contribution in [0, 0.1) is 5.92 Å². The number of hydrogen-bond donors (Lipinski definition) is 2. The van der Waals surface area contributed by atoms with Crippen LogP contribution in [-0.2, 0) is 14.3 Å². The summed E-state index contributed by atoms with van der Waals surface area (Å²) < 4.78 is 5.67. The number of nitrogens with zero attached hydrogens (tertiary/aromatic N) is 1. The summed E-state index contributed by atoms with van der Waals surface area (Å²) in [5.74, 6) is -1.56. The number of alkyl carbamates (subject to hydrolysis) is 1. The third-order valence-electron chi connectivity index (χ3n) is 7.39. The van der Waals surface area contributed by atoms with Crippen LogP contribution in [0.1, 0.15) is 63.0 Å². The van der Waals surface area contributed by atoms with E-state index in [0.29, 0.717) is 19.4 Å². The van der Waals surface area contributed by atoms with Gasteiger partial charge in [-0.2, -0.15) is 0 Å². The van der Waals surface area contributed by atoms with Crippen LogP contribution in [0.25, 0.3) is 11.1 Å². The van der Waals surface area contributed by atoms with Crippen molar-refractivity contribution in [1.29, 1.82) is 0 Å². The van der Waals surface area contributed by atoms with Crippen LogP contribution in [0.5, 0.6) is 0 Å². The molecule has 2 aromatic carbocycles. The Balaban J connectivity index is 1.37. The van der Waals surface area contributed by atoms with Crippen molar-refractivity contribution in [2.75, 3.05) is 13.2 Å². The number of benzene rings is 2. The molecule has 186 valence electrons. The molecule has 1 aliphatic heterocycles. The minimum atomic E-state index is -0.868. The molecular weight excluding hydrogens is 444 g/mol. The van der Waals surface area contributed by atoms with Gasteiger partial charge in [0.05, 0.1) is 5.92 Å². The Bertz CT molecular complexity index is 1040. The molecule has 0 saturated carbocycles. The van der Waals surface area contributed by atoms with E-state index in [1.807, 2.05) is 24.3 Å². The Morgan fingerprint density at radius 3 is 2.29 bits per heavy atom. The maximum Gasteiger partial charge on any atom is 0.407 e. The van der Waals surface area contributed by atoms with Gasteiger partial charge in [-0.15, -0.1) is 0 Å². The zero-order valence-corrected chi connectivity index (χ0v) is 20.4. The average Bonchev–Trinajstić information content (AvgIpc) is 3.39. The van der Waals surface area contributed by atoms with Crippen molar-refractivity contribution in [2.45, 2.75) is 64.0 Å². The number of carbonyl (C=O) groups is 3. The zero-order valence-electron chi connectivity index (χ0n) is 20.4. The number of carbonyl (C=O) groups excluding carboxylic acids is 2. The average molecular weight is 479 g/mol. The quantitative estimate of drug-likeness (QED) is 0.540. The van der Waals surface area contributed by atoms with Crippen molar-refractivity contribution in [3.8, 4) is 11.1 Å². The predicted molar refractivity (Wildman–Crippen MR) is 133 cm³/mol. The number of hydrogen-bond acceptors (Lipinski definition) is 4. The second-order valence-corrected chi connectivity index (χ2v) is 9.57. The molecule has 2 aromatic rings. The van der Waals surface area contributed by atoms with Gasteiger partial charge in [-0.25, -0.2) is 4.79 Å². The highest BCUT2D eigenvalue weighted by Crippen LogP contribution is 2.44. The Morgan fingerprint density at radius 1 is 1.09 bits per heavy atom. The van der Waals surface area contributed by atoms with Crippen LogP contribution in [0.15, 0.2) is 48.5 Å². The Labute approximate surface area is 206 Å². The molecule has 2 N–H and O–H groups in total. The predicted octanol–water partition coefficient (Wildman–Crippen LogP) is 4.80. The molecule has 1 aliphatic carbocycles. The number of rotatable bonds is 9. The summed E-state index contributed by atoms with van der Waals surface area (Å²) >= 11 is 0. The molecule has 0 radical (unpaired) electrons. The monoisotopic (exact) mass is 478 g/mol. The van der Waals surface area contributed by atoms with Gasteiger partial charge in [-0.3, -0.25) is 9.59 Å². The third kappa shape index (κ3) is 5.34. The van der Waals surface area contributed by atoms with Crippen molar-refractivity contribution in [3.05, 3.63) is 59.7 Å². The molecule has 7 heteroatoms. The van der Waals surface area contributed by atoms with E-state index in [1.165, 1.54) is 11.1 Å². The molecule has 3 atom stereocenters. The fourth-order valence-electron chi connectivity index (χ4n) is 5.43. The van der Waals surface area contributed by atoms with Gasteiger partial charge in [0.2, 0.25) is 5.91 Å². The van der Waals surface area contributed by atoms with Gasteiger partial charge in [0, 0.05) is 31.0 Å². The fraction of sp³-hybridized carbons (Fsp3) is 0.464. The van der Waals surface area contributed by atoms with Gasteiger partial charge < -0.3 is 20.1 Å². The summed E-state index contributed by atoms with van der Waals surface area (Å²) in [7, 11) is 0. The highest BCUT2D eigenvalue weighted by atomic mass is 16.5. The molecule has 1 heterocycles. The summed E-state index contributed by atoms with van der Waals surface area (Å²) in [4.78, 5) is 38.8. The van der Waals surface area contributed by atoms with E-state index in [1.54, 1.807) is 11.8 Å². The second-order valence-electron chi connectivity index (χ2n) is 9.57. The minimum absolute atomic E-state index is 0.0257. The van der Waals surface area contributed by atoms with Crippen LogP contribution in [0.4, 0.5) is 4.79 Å². The summed E-state index contributed by atoms with van der Waals surface area (Å²) in [6.07, 6.45) is 2.55. The van der Waals surface area contributed by atoms with E-state index < -0.39 is 18.0 Å². The van der Waals surface area contributed by atoms with Crippen molar-refractivity contribution < 1.29 is 24.2 Å². The molecule has 2 amide bonds. The van der Waals surface area contributed by atoms with Gasteiger partial charge >= 0.3 is 12.1 Å². The molecule has 4 rings (SSSR count). The molecule has 1 fully saturated rings. The lowest BCUT2D eigenvalue weighted by atomic mass is 9.98. The van der Waals surface area contributed by atoms with E-state index in [4.69, 9.17) is 4.74 Å². The van der Waals surface area contributed by atoms with E-state index in [0.717, 1.165) is 24.0 Å². The van der Waals surface area contributed by atoms with E-state index in [-0.39, 0.29) is 36.9 Å². The molecule has 3 unspecified atom stereocenters. The molecule has 0 bridgehead atoms. The van der Waals surface area contributed by atoms with Gasteiger partial charge in [-0.05, 0) is 42.0 Å². The molecule has 35 heavy (non-hydrogen) atoms. The standard InChI is InChI=1S/C28H34N2O5/c1-3-4-9-19(16-26(31)30-15-14-20(18(30)2)27(32)33)29-28(34)35-17-25-23-12-7-5-10-21(23)22-11-6-8-13-24(22)25/h5-8,10-13,18-20,25H,3-4,9,14-17H2,1-2H3,(H,29,34)(H,32,33). The first-order valence-corrected chi connectivity index (χ1v) is 12.5. The third-order valence-corrected chi connectivity index (χ3v) is 7.39. The molecule has 2 aliphatic rings. The number of likely N-dealkylation sites (tertiary alicyclic amines) is 1. The molecular formula is C28H34N2O5. The number of carboxylic acids is 1. The van der Waals surface area contributed by atoms with E-state index >= 15 is 0 Å². The second kappa shape index (κ2) is 10.9. The molecule has 0 spiro atoms. The van der Waals surface area contributed by atoms with Crippen molar-refractivity contribution >= 4 is 18.0 Å². The lowest BCUT2D eigenvalue weighted by molar-refractivity contribution is -0.143. The van der Waals surface area contributed by atoms with Gasteiger partial charge in [0.15, 0.2) is 0 Å². The van der Waals surface area contributed by atoms with Crippen LogP contribution in [0.3, 0.4) is 0 Å². The highest BCUT2D eigenvalue weighted by molar-refractivity contribution is 5.81. The number of carboxylic acid groups (broad SMARTS) is 1. The van der Waals surface area contributed by atoms with Crippen molar-refractivity contribution in [1.82, 2.24) is 10.2 Å². The number of fused-ring (bicyclic) bond motifs is 3. The van der Waals surface area contributed by atoms with E-state index in [9.17, 15) is 19.5 Å². The molecule has 7 nitrogen and oxygen atoms in total. The van der Waals surface area contributed by atoms with Crippen LogP contribution in [0.2, 0.25) is 0 Å². The maximum atomic E-state index is 13.0. The smallest absolute Gasteiger partial charge is 0.407 e. The number of amides is 2. The van der Waals surface area contributed by atoms with Crippen molar-refractivity contribution in [2.24, 2.45) is 5.92 Å². The van der Waals surface area contributed by atoms with Crippen LogP contribution in [-0.4, -0.2) is 53.2 Å². The number of nitrogens with one attached hydrogen (secondary N) is 1. The number of ether oxygens (including phenoxy) is 1. The Hall–Kier alpha value is -3.35. The SMILES string of the molecule is CCCCC(CC(=O)N1CCC(C(=O)O)C1C)NC(=O)OCC1c2ccccc2-c2ccccc21. The summed E-state index contributed by atoms with van der Waals surface area (Å²) in [5.41, 5.74) is 4.64. The van der Waals surface area contributed by atoms with Gasteiger partial charge in [0.25, 0.3) is 0 Å². The Kier molecular flexibility index (Phi) is 7.73. The summed E-state index contributed by atoms with van der Waals surface area (Å²) in [6, 6.07) is 15.7. The fourth-order valence-corrected chi connectivity index (χ4v) is 5.43. The topological polar surface area (TPSA) is 95.9 Å². The number of unbranched alkanes of at least 4 members (excludes halogenated alkanes) is 1. The van der Waals surface area contributed by atoms with Crippen molar-refractivity contribution in [3.63, 3.8) is 0 Å². The van der Waals surface area contributed by atoms with Crippen LogP contribution >= 0.6 is 0 Å². The van der Waals surface area contributed by atoms with Gasteiger partial charge in [-0.1, -0.05) is 68.3 Å². The first-order valence-electron chi connectivity index (χ1n) is 12.5. The first-order chi connectivity index (χ1) is 16.9. The lowest BCUT2D eigenvalue weighted by Gasteiger charge is -2.26. The summed E-state index contributed by atoms with van der Waals surface area (Å²) in [5, 5.41) is 12.3. The number of aliphatic carboxylic acids is 1. The largest absolute Gasteiger partial charge is 0.481 e. The minimum Gasteiger partial charge on any atom is -0.481 e. The summed E-state index contributed by atoms with van der Waals surface area (Å²) in [6.45, 7) is 4.50. The van der Waals surface area contributed by atoms with Gasteiger partial charge in [0.1, 0.15) is 6.61 Å². The normalized spacial score (nSPS) is 19.7. The maximum absolute atomic E-state index is 13.0. The van der Waals surface area contributed by atoms with E-state index in [2.05, 4.69) is 36.5 Å². The lowest BCUT2D eigenvalue weighted by Crippen LogP contribution is -2.43. The molecule has 1 saturated heterocycles. The first kappa shape index (κ1) is 24.8. The molecule has 0 aromatic heterocycles. The highest BCUT2D eigenvalue weighted by Gasteiger charge is 2.38. The van der Waals surface area contributed by atoms with Crippen LogP contribution < -0.4 is 5.32 Å². The Morgan fingerprint density at radius 2 is 1.71 bits per heavy atom. The zero-order chi connectivity index (χ0) is 24.9.